The Hall–Kier alpha value is -3.09. The highest BCUT2D eigenvalue weighted by molar-refractivity contribution is 5.94. The van der Waals surface area contributed by atoms with Gasteiger partial charge in [0.2, 0.25) is 0 Å². The standard InChI is InChI=1S/C23H31FN4O2/c1-4-19(30-21-12-7-6-11-20(21)24)16-28-23(26-5-2)27-14-13-17-9-8-10-18(15-17)22(29)25-3/h6-12,15,19H,4-5,13-14,16H2,1-3H3,(H,25,29)(H2,26,27,28). The van der Waals surface area contributed by atoms with Crippen molar-refractivity contribution < 1.29 is 13.9 Å². The minimum atomic E-state index is -0.371. The topological polar surface area (TPSA) is 74.8 Å². The van der Waals surface area contributed by atoms with Crippen molar-refractivity contribution in [3.05, 3.63) is 65.5 Å². The monoisotopic (exact) mass is 414 g/mol. The minimum absolute atomic E-state index is 0.0971. The Kier molecular flexibility index (Phi) is 9.64. The minimum Gasteiger partial charge on any atom is -0.485 e. The third-order valence-corrected chi connectivity index (χ3v) is 4.51. The van der Waals surface area contributed by atoms with E-state index < -0.39 is 0 Å². The Labute approximate surface area is 177 Å². The number of amides is 1. The predicted octanol–water partition coefficient (Wildman–Crippen LogP) is 3.14. The van der Waals surface area contributed by atoms with Crippen LogP contribution in [0.1, 0.15) is 36.2 Å². The maximum Gasteiger partial charge on any atom is 0.251 e. The average molecular weight is 415 g/mol. The van der Waals surface area contributed by atoms with Crippen molar-refractivity contribution >= 4 is 11.9 Å². The van der Waals surface area contributed by atoms with E-state index in [4.69, 9.17) is 4.74 Å². The molecule has 0 aliphatic rings. The van der Waals surface area contributed by atoms with Crippen molar-refractivity contribution in [2.45, 2.75) is 32.8 Å². The third-order valence-electron chi connectivity index (χ3n) is 4.51. The normalized spacial score (nSPS) is 12.2. The van der Waals surface area contributed by atoms with Crippen LogP contribution in [-0.4, -0.2) is 44.7 Å². The molecule has 0 saturated carbocycles. The summed E-state index contributed by atoms with van der Waals surface area (Å²) in [7, 11) is 1.62. The maximum atomic E-state index is 13.8. The smallest absolute Gasteiger partial charge is 0.251 e. The number of guanidine groups is 1. The number of hydrogen-bond acceptors (Lipinski definition) is 3. The second-order valence-corrected chi connectivity index (χ2v) is 6.75. The van der Waals surface area contributed by atoms with Gasteiger partial charge >= 0.3 is 0 Å². The van der Waals surface area contributed by atoms with Crippen molar-refractivity contribution in [1.82, 2.24) is 16.0 Å². The zero-order valence-electron chi connectivity index (χ0n) is 17.9. The van der Waals surface area contributed by atoms with Crippen LogP contribution < -0.4 is 20.7 Å². The fourth-order valence-electron chi connectivity index (χ4n) is 2.84. The highest BCUT2D eigenvalue weighted by Crippen LogP contribution is 2.18. The van der Waals surface area contributed by atoms with Gasteiger partial charge in [-0.25, -0.2) is 9.38 Å². The number of carbonyl (C=O) groups excluding carboxylic acids is 1. The average Bonchev–Trinajstić information content (AvgIpc) is 2.77. The molecule has 30 heavy (non-hydrogen) atoms. The molecule has 1 amide bonds. The molecule has 0 spiro atoms. The van der Waals surface area contributed by atoms with E-state index in [2.05, 4.69) is 20.9 Å². The molecule has 0 aliphatic carbocycles. The molecule has 6 nitrogen and oxygen atoms in total. The van der Waals surface area contributed by atoms with E-state index in [0.29, 0.717) is 31.0 Å². The van der Waals surface area contributed by atoms with Crippen LogP contribution in [0.5, 0.6) is 5.75 Å². The predicted molar refractivity (Wildman–Crippen MR) is 119 cm³/mol. The van der Waals surface area contributed by atoms with Crippen molar-refractivity contribution in [3.8, 4) is 5.75 Å². The van der Waals surface area contributed by atoms with Gasteiger partial charge in [0.1, 0.15) is 6.10 Å². The largest absolute Gasteiger partial charge is 0.485 e. The molecular formula is C23H31FN4O2. The van der Waals surface area contributed by atoms with E-state index in [-0.39, 0.29) is 23.6 Å². The van der Waals surface area contributed by atoms with Gasteiger partial charge in [0.15, 0.2) is 17.5 Å². The van der Waals surface area contributed by atoms with Gasteiger partial charge in [-0.1, -0.05) is 31.2 Å². The number of aliphatic imine (C=N–C) groups is 1. The lowest BCUT2D eigenvalue weighted by Gasteiger charge is -2.17. The van der Waals surface area contributed by atoms with Gasteiger partial charge in [-0.05, 0) is 49.6 Å². The summed E-state index contributed by atoms with van der Waals surface area (Å²) in [5.74, 6) is 0.452. The molecule has 3 N–H and O–H groups in total. The van der Waals surface area contributed by atoms with Gasteiger partial charge in [-0.15, -0.1) is 0 Å². The van der Waals surface area contributed by atoms with E-state index in [1.807, 2.05) is 32.0 Å². The summed E-state index contributed by atoms with van der Waals surface area (Å²) in [6.45, 7) is 5.78. The molecule has 162 valence electrons. The fraction of sp³-hybridized carbons (Fsp3) is 0.391. The molecule has 0 bridgehead atoms. The number of hydrogen-bond donors (Lipinski definition) is 3. The van der Waals surface area contributed by atoms with Gasteiger partial charge in [-0.3, -0.25) is 4.79 Å². The van der Waals surface area contributed by atoms with Gasteiger partial charge < -0.3 is 20.7 Å². The Morgan fingerprint density at radius 1 is 1.13 bits per heavy atom. The Morgan fingerprint density at radius 2 is 1.93 bits per heavy atom. The van der Waals surface area contributed by atoms with Crippen LogP contribution in [0, 0.1) is 5.82 Å². The van der Waals surface area contributed by atoms with E-state index in [0.717, 1.165) is 18.5 Å². The number of halogens is 1. The first kappa shape index (κ1) is 23.2. The van der Waals surface area contributed by atoms with Crippen LogP contribution in [0.15, 0.2) is 53.5 Å². The number of nitrogens with one attached hydrogen (secondary N) is 3. The Morgan fingerprint density at radius 3 is 2.63 bits per heavy atom. The van der Waals surface area contributed by atoms with Gasteiger partial charge in [0.05, 0.1) is 6.54 Å². The van der Waals surface area contributed by atoms with Crippen LogP contribution in [0.25, 0.3) is 0 Å². The van der Waals surface area contributed by atoms with E-state index in [1.54, 1.807) is 31.3 Å². The number of para-hydroxylation sites is 1. The molecule has 0 saturated heterocycles. The lowest BCUT2D eigenvalue weighted by Crippen LogP contribution is -2.39. The summed E-state index contributed by atoms with van der Waals surface area (Å²) in [6, 6.07) is 14.0. The number of ether oxygens (including phenoxy) is 1. The molecule has 7 heteroatoms. The first-order valence-corrected chi connectivity index (χ1v) is 10.3. The quantitative estimate of drug-likeness (QED) is 0.412. The van der Waals surface area contributed by atoms with Crippen molar-refractivity contribution in [1.29, 1.82) is 0 Å². The second-order valence-electron chi connectivity index (χ2n) is 6.75. The molecular weight excluding hydrogens is 383 g/mol. The zero-order valence-corrected chi connectivity index (χ0v) is 17.9. The molecule has 0 heterocycles. The molecule has 0 fully saturated rings. The van der Waals surface area contributed by atoms with Crippen LogP contribution in [0.2, 0.25) is 0 Å². The molecule has 2 aromatic carbocycles. The third kappa shape index (κ3) is 7.39. The Bertz CT molecular complexity index is 841. The summed E-state index contributed by atoms with van der Waals surface area (Å²) in [4.78, 5) is 16.4. The molecule has 0 radical (unpaired) electrons. The highest BCUT2D eigenvalue weighted by atomic mass is 19.1. The summed E-state index contributed by atoms with van der Waals surface area (Å²) in [5.41, 5.74) is 1.71. The molecule has 2 rings (SSSR count). The van der Waals surface area contributed by atoms with Crippen LogP contribution in [0.4, 0.5) is 4.39 Å². The number of rotatable bonds is 10. The second kappa shape index (κ2) is 12.5. The summed E-state index contributed by atoms with van der Waals surface area (Å²) < 4.78 is 19.6. The molecule has 2 aromatic rings. The summed E-state index contributed by atoms with van der Waals surface area (Å²) in [5, 5.41) is 9.14. The van der Waals surface area contributed by atoms with Gasteiger partial charge in [0, 0.05) is 25.7 Å². The van der Waals surface area contributed by atoms with E-state index in [1.165, 1.54) is 6.07 Å². The summed E-state index contributed by atoms with van der Waals surface area (Å²) in [6.07, 6.45) is 1.24. The number of benzene rings is 2. The van der Waals surface area contributed by atoms with E-state index in [9.17, 15) is 9.18 Å². The molecule has 0 aromatic heterocycles. The number of nitrogens with zero attached hydrogens (tertiary/aromatic N) is 1. The first-order valence-electron chi connectivity index (χ1n) is 10.3. The Balaban J connectivity index is 1.92. The van der Waals surface area contributed by atoms with Crippen LogP contribution >= 0.6 is 0 Å². The lowest BCUT2D eigenvalue weighted by atomic mass is 10.1. The van der Waals surface area contributed by atoms with Gasteiger partial charge in [0.25, 0.3) is 5.91 Å². The van der Waals surface area contributed by atoms with Crippen molar-refractivity contribution in [2.75, 3.05) is 26.7 Å². The maximum absolute atomic E-state index is 13.8. The van der Waals surface area contributed by atoms with Crippen LogP contribution in [0.3, 0.4) is 0 Å². The van der Waals surface area contributed by atoms with Gasteiger partial charge in [-0.2, -0.15) is 0 Å². The molecule has 0 aliphatic heterocycles. The lowest BCUT2D eigenvalue weighted by molar-refractivity contribution is 0.0963. The van der Waals surface area contributed by atoms with Crippen molar-refractivity contribution in [3.63, 3.8) is 0 Å². The van der Waals surface area contributed by atoms with Crippen molar-refractivity contribution in [2.24, 2.45) is 4.99 Å². The molecule has 1 unspecified atom stereocenters. The summed E-state index contributed by atoms with van der Waals surface area (Å²) >= 11 is 0. The van der Waals surface area contributed by atoms with Crippen LogP contribution in [-0.2, 0) is 6.42 Å². The SMILES string of the molecule is CCNC(=NCC(CC)Oc1ccccc1F)NCCc1cccc(C(=O)NC)c1. The number of carbonyl (C=O) groups is 1. The first-order chi connectivity index (χ1) is 14.6. The zero-order chi connectivity index (χ0) is 21.8. The fourth-order valence-corrected chi connectivity index (χ4v) is 2.84. The van der Waals surface area contributed by atoms with E-state index >= 15 is 0 Å². The molecule has 1 atom stereocenters. The highest BCUT2D eigenvalue weighted by Gasteiger charge is 2.11.